The van der Waals surface area contributed by atoms with E-state index in [0.717, 1.165) is 42.1 Å². The molecule has 1 saturated heterocycles. The Hall–Kier alpha value is -3.05. The van der Waals surface area contributed by atoms with Crippen LogP contribution in [0.3, 0.4) is 0 Å². The smallest absolute Gasteiger partial charge is 0.240 e. The average molecular weight is 401 g/mol. The molecule has 0 saturated carbocycles. The van der Waals surface area contributed by atoms with Gasteiger partial charge in [0.05, 0.1) is 11.7 Å². The minimum absolute atomic E-state index is 0.162. The molecule has 0 radical (unpaired) electrons. The first kappa shape index (κ1) is 20.2. The minimum Gasteiger partial charge on any atom is -0.340 e. The van der Waals surface area contributed by atoms with E-state index in [-0.39, 0.29) is 11.9 Å². The minimum atomic E-state index is -0.162. The molecule has 3 heterocycles. The second kappa shape index (κ2) is 9.18. The summed E-state index contributed by atoms with van der Waals surface area (Å²) in [6.45, 7) is 7.15. The van der Waals surface area contributed by atoms with E-state index in [9.17, 15) is 4.79 Å². The van der Waals surface area contributed by atoms with Crippen molar-refractivity contribution < 1.29 is 4.79 Å². The zero-order chi connectivity index (χ0) is 20.9. The summed E-state index contributed by atoms with van der Waals surface area (Å²) < 4.78 is 0. The Morgan fingerprint density at radius 2 is 1.83 bits per heavy atom. The highest BCUT2D eigenvalue weighted by Gasteiger charge is 2.34. The van der Waals surface area contributed by atoms with Gasteiger partial charge in [0.15, 0.2) is 0 Å². The van der Waals surface area contributed by atoms with E-state index in [1.165, 1.54) is 5.56 Å². The van der Waals surface area contributed by atoms with E-state index in [0.29, 0.717) is 13.0 Å². The van der Waals surface area contributed by atoms with Gasteiger partial charge in [-0.3, -0.25) is 19.7 Å². The van der Waals surface area contributed by atoms with Crippen molar-refractivity contribution in [3.05, 3.63) is 83.9 Å². The van der Waals surface area contributed by atoms with Gasteiger partial charge in [0.2, 0.25) is 5.91 Å². The van der Waals surface area contributed by atoms with Crippen molar-refractivity contribution >= 4 is 5.91 Å². The lowest BCUT2D eigenvalue weighted by Crippen LogP contribution is -2.57. The molecule has 30 heavy (non-hydrogen) atoms. The normalized spacial score (nSPS) is 17.3. The third-order valence-electron chi connectivity index (χ3n) is 5.77. The van der Waals surface area contributed by atoms with Crippen LogP contribution in [0.2, 0.25) is 0 Å². The molecule has 1 aliphatic heterocycles. The molecule has 1 atom stereocenters. The number of carbonyl (C=O) groups excluding carboxylic acids is 1. The first-order valence-electron chi connectivity index (χ1n) is 10.6. The van der Waals surface area contributed by atoms with Crippen molar-refractivity contribution in [2.24, 2.45) is 0 Å². The van der Waals surface area contributed by atoms with Gasteiger partial charge in [-0.25, -0.2) is 0 Å². The van der Waals surface area contributed by atoms with E-state index < -0.39 is 0 Å². The zero-order valence-electron chi connectivity index (χ0n) is 17.7. The standard InChI is InChI=1S/C25H28N4O/c1-3-28-14-15-29(18-23-8-4-6-19(2)27-23)24(25(28)30)16-20-9-11-21(12-10-20)22-7-5-13-26-17-22/h4-13,17,24H,3,14-16,18H2,1-2H3. The number of carbonyl (C=O) groups is 1. The summed E-state index contributed by atoms with van der Waals surface area (Å²) in [4.78, 5) is 26.3. The monoisotopic (exact) mass is 400 g/mol. The SMILES string of the molecule is CCN1CCN(Cc2cccc(C)n2)C(Cc2ccc(-c3cccnc3)cc2)C1=O. The van der Waals surface area contributed by atoms with E-state index in [1.54, 1.807) is 6.20 Å². The molecule has 4 rings (SSSR count). The van der Waals surface area contributed by atoms with Crippen LogP contribution in [-0.2, 0) is 17.8 Å². The molecule has 0 spiro atoms. The maximum absolute atomic E-state index is 13.2. The van der Waals surface area contributed by atoms with Gasteiger partial charge < -0.3 is 4.90 Å². The van der Waals surface area contributed by atoms with E-state index in [2.05, 4.69) is 52.1 Å². The predicted octanol–water partition coefficient (Wildman–Crippen LogP) is 3.73. The second-order valence-corrected chi connectivity index (χ2v) is 7.82. The van der Waals surface area contributed by atoms with Crippen LogP contribution in [0.4, 0.5) is 0 Å². The molecule has 0 aliphatic carbocycles. The lowest BCUT2D eigenvalue weighted by atomic mass is 9.98. The fourth-order valence-electron chi connectivity index (χ4n) is 4.09. The molecule has 1 unspecified atom stereocenters. The molecule has 1 amide bonds. The molecule has 0 bridgehead atoms. The Kier molecular flexibility index (Phi) is 6.19. The fraction of sp³-hybridized carbons (Fsp3) is 0.320. The van der Waals surface area contributed by atoms with Crippen LogP contribution in [-0.4, -0.2) is 51.4 Å². The van der Waals surface area contributed by atoms with Crippen molar-refractivity contribution in [1.29, 1.82) is 0 Å². The Labute approximate surface area is 178 Å². The summed E-state index contributed by atoms with van der Waals surface area (Å²) >= 11 is 0. The number of piperazine rings is 1. The largest absolute Gasteiger partial charge is 0.340 e. The number of aryl methyl sites for hydroxylation is 1. The number of amides is 1. The van der Waals surface area contributed by atoms with Gasteiger partial charge in [-0.15, -0.1) is 0 Å². The van der Waals surface area contributed by atoms with Crippen molar-refractivity contribution in [3.8, 4) is 11.1 Å². The van der Waals surface area contributed by atoms with E-state index >= 15 is 0 Å². The number of aromatic nitrogens is 2. The van der Waals surface area contributed by atoms with Gasteiger partial charge in [0, 0.05) is 44.3 Å². The van der Waals surface area contributed by atoms with E-state index in [1.807, 2.05) is 42.3 Å². The van der Waals surface area contributed by atoms with Crippen LogP contribution in [0.25, 0.3) is 11.1 Å². The quantitative estimate of drug-likeness (QED) is 0.633. The molecule has 0 N–H and O–H groups in total. The molecular weight excluding hydrogens is 372 g/mol. The molecule has 3 aromatic rings. The average Bonchev–Trinajstić information content (AvgIpc) is 2.77. The summed E-state index contributed by atoms with van der Waals surface area (Å²) in [5, 5.41) is 0. The van der Waals surface area contributed by atoms with Crippen LogP contribution in [0.5, 0.6) is 0 Å². The maximum atomic E-state index is 13.2. The molecule has 1 aromatic carbocycles. The van der Waals surface area contributed by atoms with Crippen molar-refractivity contribution in [2.75, 3.05) is 19.6 Å². The van der Waals surface area contributed by atoms with Crippen molar-refractivity contribution in [2.45, 2.75) is 32.9 Å². The van der Waals surface area contributed by atoms with Crippen molar-refractivity contribution in [3.63, 3.8) is 0 Å². The lowest BCUT2D eigenvalue weighted by Gasteiger charge is -2.40. The highest BCUT2D eigenvalue weighted by molar-refractivity contribution is 5.83. The van der Waals surface area contributed by atoms with Gasteiger partial charge in [0.1, 0.15) is 0 Å². The summed E-state index contributed by atoms with van der Waals surface area (Å²) in [5.74, 6) is 0.215. The summed E-state index contributed by atoms with van der Waals surface area (Å²) in [6, 6.07) is 18.4. The van der Waals surface area contributed by atoms with Gasteiger partial charge >= 0.3 is 0 Å². The lowest BCUT2D eigenvalue weighted by molar-refractivity contribution is -0.141. The molecule has 154 valence electrons. The maximum Gasteiger partial charge on any atom is 0.240 e. The molecule has 2 aromatic heterocycles. The Morgan fingerprint density at radius 3 is 2.53 bits per heavy atom. The summed E-state index contributed by atoms with van der Waals surface area (Å²) in [5.41, 5.74) is 5.43. The van der Waals surface area contributed by atoms with Crippen molar-refractivity contribution in [1.82, 2.24) is 19.8 Å². The van der Waals surface area contributed by atoms with Crippen LogP contribution in [0.1, 0.15) is 23.9 Å². The van der Waals surface area contributed by atoms with E-state index in [4.69, 9.17) is 0 Å². The predicted molar refractivity (Wildman–Crippen MR) is 119 cm³/mol. The van der Waals surface area contributed by atoms with Crippen LogP contribution >= 0.6 is 0 Å². The van der Waals surface area contributed by atoms with Gasteiger partial charge in [0.25, 0.3) is 0 Å². The van der Waals surface area contributed by atoms with Crippen LogP contribution < -0.4 is 0 Å². The Balaban J connectivity index is 1.53. The number of nitrogens with zero attached hydrogens (tertiary/aromatic N) is 4. The van der Waals surface area contributed by atoms with Crippen LogP contribution in [0.15, 0.2) is 67.0 Å². The van der Waals surface area contributed by atoms with Crippen LogP contribution in [0, 0.1) is 6.92 Å². The number of hydrogen-bond acceptors (Lipinski definition) is 4. The number of rotatable bonds is 6. The number of pyridine rings is 2. The highest BCUT2D eigenvalue weighted by Crippen LogP contribution is 2.22. The summed E-state index contributed by atoms with van der Waals surface area (Å²) in [6.07, 6.45) is 4.35. The van der Waals surface area contributed by atoms with Gasteiger partial charge in [-0.1, -0.05) is 36.4 Å². The Bertz CT molecular complexity index is 988. The fourth-order valence-corrected chi connectivity index (χ4v) is 4.09. The first-order valence-corrected chi connectivity index (χ1v) is 10.6. The number of hydrogen-bond donors (Lipinski definition) is 0. The molecule has 1 aliphatic rings. The number of benzene rings is 1. The first-order chi connectivity index (χ1) is 14.6. The van der Waals surface area contributed by atoms with Gasteiger partial charge in [-0.05, 0) is 55.2 Å². The number of likely N-dealkylation sites (N-methyl/N-ethyl adjacent to an activating group) is 1. The molecule has 1 fully saturated rings. The topological polar surface area (TPSA) is 49.3 Å². The molecule has 5 heteroatoms. The molecular formula is C25H28N4O. The third-order valence-corrected chi connectivity index (χ3v) is 5.77. The zero-order valence-corrected chi connectivity index (χ0v) is 17.7. The molecule has 5 nitrogen and oxygen atoms in total. The second-order valence-electron chi connectivity index (χ2n) is 7.82. The van der Waals surface area contributed by atoms with Gasteiger partial charge in [-0.2, -0.15) is 0 Å². The highest BCUT2D eigenvalue weighted by atomic mass is 16.2. The third kappa shape index (κ3) is 4.57. The Morgan fingerprint density at radius 1 is 1.00 bits per heavy atom. The summed E-state index contributed by atoms with van der Waals surface area (Å²) in [7, 11) is 0.